The largest absolute Gasteiger partial charge is 0.417 e. The number of oxazole rings is 1. The Kier molecular flexibility index (Phi) is 4.48. The molecule has 4 rings (SSSR count). The summed E-state index contributed by atoms with van der Waals surface area (Å²) in [6, 6.07) is 15.2. The number of H-pyrrole nitrogens is 1. The van der Waals surface area contributed by atoms with Gasteiger partial charge in [-0.1, -0.05) is 18.2 Å². The van der Waals surface area contributed by atoms with Crippen LogP contribution in [0.25, 0.3) is 11.1 Å². The fourth-order valence-corrected chi connectivity index (χ4v) is 4.43. The van der Waals surface area contributed by atoms with Crippen molar-refractivity contribution in [1.82, 2.24) is 9.97 Å². The molecule has 2 aromatic carbocycles. The van der Waals surface area contributed by atoms with Crippen LogP contribution in [0.5, 0.6) is 0 Å². The van der Waals surface area contributed by atoms with Gasteiger partial charge in [0, 0.05) is 18.5 Å². The number of pyridine rings is 1. The van der Waals surface area contributed by atoms with Crippen molar-refractivity contribution in [2.24, 2.45) is 0 Å². The molecular weight excluding hydrogens is 378 g/mol. The number of aromatic nitrogens is 2. The van der Waals surface area contributed by atoms with E-state index in [1.807, 2.05) is 31.2 Å². The molecule has 0 aliphatic rings. The first-order valence-electron chi connectivity index (χ1n) is 8.55. The maximum atomic E-state index is 13.5. The first kappa shape index (κ1) is 18.0. The summed E-state index contributed by atoms with van der Waals surface area (Å²) in [7, 11) is -3.92. The Bertz CT molecular complexity index is 1290. The third kappa shape index (κ3) is 3.41. The van der Waals surface area contributed by atoms with E-state index in [1.54, 1.807) is 24.5 Å². The zero-order valence-corrected chi connectivity index (χ0v) is 15.8. The third-order valence-electron chi connectivity index (χ3n) is 4.32. The molecule has 0 saturated carbocycles. The van der Waals surface area contributed by atoms with Crippen molar-refractivity contribution in [1.29, 1.82) is 0 Å². The van der Waals surface area contributed by atoms with Crippen LogP contribution in [0.3, 0.4) is 0 Å². The zero-order chi connectivity index (χ0) is 19.7. The molecule has 0 bridgehead atoms. The number of aryl methyl sites for hydroxylation is 1. The second kappa shape index (κ2) is 6.97. The predicted octanol–water partition coefficient (Wildman–Crippen LogP) is 3.22. The van der Waals surface area contributed by atoms with E-state index < -0.39 is 15.8 Å². The monoisotopic (exact) mass is 395 g/mol. The van der Waals surface area contributed by atoms with Crippen molar-refractivity contribution in [2.75, 3.05) is 4.31 Å². The minimum absolute atomic E-state index is 0.0353. The summed E-state index contributed by atoms with van der Waals surface area (Å²) in [5.74, 6) is -0.629. The van der Waals surface area contributed by atoms with Gasteiger partial charge in [0.25, 0.3) is 10.0 Å². The standard InChI is InChI=1S/C20H17N3O4S/c1-14-4-2-6-16(10-14)23(13-15-5-3-9-21-12-15)28(25,26)17-7-8-18-19(11-17)27-20(24)22-18/h2-12H,13H2,1H3,(H,22,24). The van der Waals surface area contributed by atoms with Crippen molar-refractivity contribution >= 4 is 26.8 Å². The number of rotatable bonds is 5. The molecule has 2 heterocycles. The Morgan fingerprint density at radius 2 is 1.96 bits per heavy atom. The number of sulfonamides is 1. The minimum atomic E-state index is -3.92. The van der Waals surface area contributed by atoms with Crippen LogP contribution in [0.15, 0.2) is 81.1 Å². The van der Waals surface area contributed by atoms with Gasteiger partial charge >= 0.3 is 5.76 Å². The molecule has 8 heteroatoms. The van der Waals surface area contributed by atoms with Crippen LogP contribution in [0, 0.1) is 6.92 Å². The summed E-state index contributed by atoms with van der Waals surface area (Å²) in [5, 5.41) is 0. The average molecular weight is 395 g/mol. The van der Waals surface area contributed by atoms with E-state index in [2.05, 4.69) is 9.97 Å². The van der Waals surface area contributed by atoms with Crippen LogP contribution in [0.1, 0.15) is 11.1 Å². The van der Waals surface area contributed by atoms with Crippen LogP contribution in [0.2, 0.25) is 0 Å². The number of fused-ring (bicyclic) bond motifs is 1. The van der Waals surface area contributed by atoms with E-state index >= 15 is 0 Å². The Morgan fingerprint density at radius 3 is 2.71 bits per heavy atom. The van der Waals surface area contributed by atoms with Crippen LogP contribution in [-0.2, 0) is 16.6 Å². The lowest BCUT2D eigenvalue weighted by Crippen LogP contribution is -2.30. The normalized spacial score (nSPS) is 11.6. The summed E-state index contributed by atoms with van der Waals surface area (Å²) >= 11 is 0. The van der Waals surface area contributed by atoms with E-state index in [0.29, 0.717) is 11.2 Å². The van der Waals surface area contributed by atoms with Gasteiger partial charge < -0.3 is 4.42 Å². The number of benzene rings is 2. The number of hydrogen-bond acceptors (Lipinski definition) is 5. The van der Waals surface area contributed by atoms with E-state index in [1.165, 1.54) is 22.5 Å². The number of anilines is 1. The molecule has 0 spiro atoms. The molecule has 1 N–H and O–H groups in total. The molecule has 0 aliphatic carbocycles. The maximum absolute atomic E-state index is 13.5. The molecule has 2 aromatic heterocycles. The fraction of sp³-hybridized carbons (Fsp3) is 0.100. The fourth-order valence-electron chi connectivity index (χ4n) is 2.97. The van der Waals surface area contributed by atoms with Crippen molar-refractivity contribution < 1.29 is 12.8 Å². The van der Waals surface area contributed by atoms with Gasteiger partial charge in [0.15, 0.2) is 5.58 Å². The lowest BCUT2D eigenvalue weighted by molar-refractivity contribution is 0.553. The highest BCUT2D eigenvalue weighted by molar-refractivity contribution is 7.92. The van der Waals surface area contributed by atoms with Crippen molar-refractivity contribution in [3.8, 4) is 0 Å². The molecule has 0 atom stereocenters. The summed E-state index contributed by atoms with van der Waals surface area (Å²) in [6.45, 7) is 2.02. The van der Waals surface area contributed by atoms with Gasteiger partial charge in [0.1, 0.15) is 0 Å². The highest BCUT2D eigenvalue weighted by Crippen LogP contribution is 2.28. The van der Waals surface area contributed by atoms with E-state index in [4.69, 9.17) is 4.42 Å². The molecule has 0 radical (unpaired) electrons. The summed E-state index contributed by atoms with van der Waals surface area (Å²) in [5.41, 5.74) is 2.87. The van der Waals surface area contributed by atoms with Gasteiger partial charge in [-0.2, -0.15) is 0 Å². The zero-order valence-electron chi connectivity index (χ0n) is 15.0. The Morgan fingerprint density at radius 1 is 1.11 bits per heavy atom. The van der Waals surface area contributed by atoms with E-state index in [0.717, 1.165) is 11.1 Å². The number of hydrogen-bond donors (Lipinski definition) is 1. The van der Waals surface area contributed by atoms with Crippen molar-refractivity contribution in [3.63, 3.8) is 0 Å². The van der Waals surface area contributed by atoms with Gasteiger partial charge in [0.2, 0.25) is 0 Å². The molecule has 142 valence electrons. The molecule has 0 aliphatic heterocycles. The molecule has 0 amide bonds. The number of nitrogens with zero attached hydrogens (tertiary/aromatic N) is 2. The highest BCUT2D eigenvalue weighted by atomic mass is 32.2. The molecule has 28 heavy (non-hydrogen) atoms. The highest BCUT2D eigenvalue weighted by Gasteiger charge is 2.26. The van der Waals surface area contributed by atoms with E-state index in [-0.39, 0.29) is 17.0 Å². The van der Waals surface area contributed by atoms with Crippen LogP contribution < -0.4 is 10.1 Å². The van der Waals surface area contributed by atoms with Crippen LogP contribution in [0.4, 0.5) is 5.69 Å². The predicted molar refractivity (Wildman–Crippen MR) is 106 cm³/mol. The molecule has 4 aromatic rings. The Balaban J connectivity index is 1.84. The van der Waals surface area contributed by atoms with Crippen LogP contribution in [-0.4, -0.2) is 18.4 Å². The van der Waals surface area contributed by atoms with Gasteiger partial charge in [-0.3, -0.25) is 14.3 Å². The first-order valence-corrected chi connectivity index (χ1v) is 9.99. The third-order valence-corrected chi connectivity index (χ3v) is 6.09. The summed E-state index contributed by atoms with van der Waals surface area (Å²) in [6.07, 6.45) is 3.27. The number of aromatic amines is 1. The second-order valence-electron chi connectivity index (χ2n) is 6.38. The molecule has 0 fully saturated rings. The van der Waals surface area contributed by atoms with Crippen LogP contribution >= 0.6 is 0 Å². The van der Waals surface area contributed by atoms with Crippen molar-refractivity contribution in [2.45, 2.75) is 18.4 Å². The summed E-state index contributed by atoms with van der Waals surface area (Å²) < 4.78 is 33.3. The summed E-state index contributed by atoms with van der Waals surface area (Å²) in [4.78, 5) is 18.0. The quantitative estimate of drug-likeness (QED) is 0.560. The van der Waals surface area contributed by atoms with Gasteiger partial charge in [-0.15, -0.1) is 0 Å². The molecular formula is C20H17N3O4S. The minimum Gasteiger partial charge on any atom is -0.408 e. The molecule has 0 unspecified atom stereocenters. The first-order chi connectivity index (χ1) is 13.4. The number of nitrogens with one attached hydrogen (secondary N) is 1. The van der Waals surface area contributed by atoms with Gasteiger partial charge in [0.05, 0.1) is 22.6 Å². The Labute approximate surface area is 161 Å². The SMILES string of the molecule is Cc1cccc(N(Cc2cccnc2)S(=O)(=O)c2ccc3[nH]c(=O)oc3c2)c1. The van der Waals surface area contributed by atoms with Crippen molar-refractivity contribution in [3.05, 3.63) is 88.7 Å². The van der Waals surface area contributed by atoms with Gasteiger partial charge in [-0.25, -0.2) is 13.2 Å². The smallest absolute Gasteiger partial charge is 0.408 e. The second-order valence-corrected chi connectivity index (χ2v) is 8.25. The molecule has 7 nitrogen and oxygen atoms in total. The average Bonchev–Trinajstić information content (AvgIpc) is 3.06. The topological polar surface area (TPSA) is 96.3 Å². The lowest BCUT2D eigenvalue weighted by Gasteiger charge is -2.25. The maximum Gasteiger partial charge on any atom is 0.417 e. The van der Waals surface area contributed by atoms with E-state index in [9.17, 15) is 13.2 Å². The Hall–Kier alpha value is -3.39. The van der Waals surface area contributed by atoms with Gasteiger partial charge in [-0.05, 0) is 48.4 Å². The lowest BCUT2D eigenvalue weighted by atomic mass is 10.2. The molecule has 0 saturated heterocycles.